The average molecular weight is 1860 g/mol. The molecule has 1 aliphatic carbocycles. The summed E-state index contributed by atoms with van der Waals surface area (Å²) < 4.78 is 9.49. The Morgan fingerprint density at radius 1 is 0.222 bits per heavy atom. The van der Waals surface area contributed by atoms with Gasteiger partial charge in [-0.25, -0.2) is 0 Å². The molecule has 0 amide bonds. The lowest BCUT2D eigenvalue weighted by molar-refractivity contribution is 0.748. The highest BCUT2D eigenvalue weighted by Crippen LogP contribution is 2.54. The van der Waals surface area contributed by atoms with Crippen molar-refractivity contribution in [1.82, 2.24) is 18.3 Å². The minimum atomic E-state index is 0.341. The molecule has 0 N–H and O–H groups in total. The van der Waals surface area contributed by atoms with Crippen molar-refractivity contribution >= 4 is 174 Å². The Labute approximate surface area is 838 Å². The topological polar surface area (TPSA) is 23.0 Å². The Kier molecular flexibility index (Phi) is 21.0. The smallest absolute Gasteiger partial charge is 0.117 e. The van der Waals surface area contributed by atoms with Crippen LogP contribution >= 0.6 is 11.3 Å². The van der Waals surface area contributed by atoms with E-state index in [0.29, 0.717) is 12.0 Å². The molecule has 23 aromatic carbocycles. The Bertz CT molecular complexity index is 9630. The number of nitrogens with zero attached hydrogens (tertiary/aromatic N) is 5. The molecule has 6 heterocycles. The molecular weight excluding hydrogens is 1760 g/mol. The fourth-order valence-electron chi connectivity index (χ4n) is 23.6. The number of hydrogen-bond acceptors (Lipinski definition) is 2. The van der Waals surface area contributed by atoms with Gasteiger partial charge in [-0.05, 0) is 246 Å². The number of benzene rings is 23. The SMILES string of the molecule is C1=CC2c3ccccc3N(c3ccc(-c4c5ccccc5cc5ccccc45)s3)C2C=C1.Cc1ccc(-c2c3ccccc3c(-c3ccc(-n4c5ccccc5c5ccccc54)cc3)c3ccccc23)cc1.Cn1c(-c2c3ccccc3cc3ccccc23)ccc1-n1c2ccccc2c2ccccc21.c1ccc(-c2c3ccccc3c(-c3ccc(-n4c5ccccc5c5ccccc54)cc3)c3ccccc23)cc1. The number of anilines is 2. The second kappa shape index (κ2) is 35.6. The van der Waals surface area contributed by atoms with Crippen LogP contribution in [-0.4, -0.2) is 24.3 Å². The quantitative estimate of drug-likeness (QED) is 0.125. The number of aryl methyl sites for hydroxylation is 1. The summed E-state index contributed by atoms with van der Waals surface area (Å²) in [6.45, 7) is 2.14. The van der Waals surface area contributed by atoms with Crippen LogP contribution in [0.3, 0.4) is 0 Å². The molecule has 5 nitrogen and oxygen atoms in total. The fourth-order valence-corrected chi connectivity index (χ4v) is 24.8. The zero-order valence-electron chi connectivity index (χ0n) is 79.5. The van der Waals surface area contributed by atoms with Crippen molar-refractivity contribution in [2.45, 2.75) is 18.9 Å². The lowest BCUT2D eigenvalue weighted by Gasteiger charge is -2.27. The van der Waals surface area contributed by atoms with Gasteiger partial charge in [0.25, 0.3) is 0 Å². The van der Waals surface area contributed by atoms with Gasteiger partial charge in [0.1, 0.15) is 5.82 Å². The molecule has 1 aliphatic heterocycles. The number of allylic oxidation sites excluding steroid dienone is 2. The molecule has 0 spiro atoms. The molecule has 144 heavy (non-hydrogen) atoms. The molecule has 0 fully saturated rings. The van der Waals surface area contributed by atoms with Crippen molar-refractivity contribution in [1.29, 1.82) is 0 Å². The molecule has 5 aromatic heterocycles. The van der Waals surface area contributed by atoms with E-state index in [1.807, 2.05) is 11.3 Å². The van der Waals surface area contributed by atoms with Crippen molar-refractivity contribution in [2.24, 2.45) is 7.05 Å². The summed E-state index contributed by atoms with van der Waals surface area (Å²) in [7, 11) is 2.19. The van der Waals surface area contributed by atoms with Crippen LogP contribution in [-0.2, 0) is 7.05 Å². The number of fused-ring (bicyclic) bond motifs is 20. The number of rotatable bonds is 10. The maximum Gasteiger partial charge on any atom is 0.117 e. The molecule has 0 bridgehead atoms. The standard InChI is InChI=1S/C39H27N.C38H25N.C31H22N2.C30H21NS/c1-26-18-20-27(21-19-26)38-32-12-2-4-14-34(32)39(35-15-5-3-13-33(35)38)28-22-24-29(25-23-28)40-36-16-8-6-10-30(36)31-11-7-9-17-37(31)40;1-2-12-26(13-3-1)37-31-16-4-6-18-33(31)38(34-19-7-5-17-32(34)37)27-22-24-28(25-23-27)39-35-20-10-8-14-29(35)30-15-9-11-21-36(30)39;1-32-29(31-23-12-4-2-10-21(23)20-22-11-3-5-13-24(22)31)18-19-30(32)33-27-16-8-6-14-25(27)26-15-7-9-17-28(26)33;1-3-11-22-20(9-1)19-21-10-2-4-12-23(21)30(22)28-17-18-29(32-28)31-26-15-7-5-13-24(26)25-14-6-8-16-27(25)31/h2-25H,1H3;1-25H;2-20H,1H3;1-19,24,26H. The highest BCUT2D eigenvalue weighted by atomic mass is 32.1. The molecule has 0 saturated heterocycles. The molecule has 0 radical (unpaired) electrons. The van der Waals surface area contributed by atoms with Gasteiger partial charge in [-0.1, -0.05) is 430 Å². The van der Waals surface area contributed by atoms with E-state index in [2.05, 4.69) is 565 Å². The minimum Gasteiger partial charge on any atom is -0.330 e. The lowest BCUT2D eigenvalue weighted by atomic mass is 9.86. The molecule has 678 valence electrons. The third-order valence-corrected chi connectivity index (χ3v) is 31.1. The van der Waals surface area contributed by atoms with Crippen molar-refractivity contribution < 1.29 is 0 Å². The Hall–Kier alpha value is -18.2. The van der Waals surface area contributed by atoms with Crippen LogP contribution in [0.4, 0.5) is 10.7 Å². The predicted octanol–water partition coefficient (Wildman–Crippen LogP) is 37.7. The maximum absolute atomic E-state index is 2.53. The van der Waals surface area contributed by atoms with Crippen LogP contribution < -0.4 is 4.90 Å². The molecule has 2 aliphatic rings. The first kappa shape index (κ1) is 85.0. The van der Waals surface area contributed by atoms with E-state index in [9.17, 15) is 0 Å². The van der Waals surface area contributed by atoms with Gasteiger partial charge in [-0.2, -0.15) is 0 Å². The van der Waals surface area contributed by atoms with Crippen LogP contribution in [0.1, 0.15) is 17.0 Å². The van der Waals surface area contributed by atoms with Crippen LogP contribution in [0, 0.1) is 6.92 Å². The van der Waals surface area contributed by atoms with E-state index >= 15 is 0 Å². The first-order valence-corrected chi connectivity index (χ1v) is 50.6. The van der Waals surface area contributed by atoms with Crippen LogP contribution in [0.15, 0.2) is 528 Å². The van der Waals surface area contributed by atoms with Crippen molar-refractivity contribution in [3.63, 3.8) is 0 Å². The van der Waals surface area contributed by atoms with Gasteiger partial charge in [0.05, 0.1) is 49.8 Å². The Morgan fingerprint density at radius 3 is 0.903 bits per heavy atom. The lowest BCUT2D eigenvalue weighted by Crippen LogP contribution is -2.27. The van der Waals surface area contributed by atoms with E-state index in [0.717, 1.165) is 0 Å². The zero-order chi connectivity index (χ0) is 95.4. The summed E-state index contributed by atoms with van der Waals surface area (Å²) in [5.74, 6) is 1.58. The first-order chi connectivity index (χ1) is 71.3. The van der Waals surface area contributed by atoms with E-state index in [1.165, 1.54) is 257 Å². The third kappa shape index (κ3) is 14.3. The molecule has 2 unspecified atom stereocenters. The van der Waals surface area contributed by atoms with Gasteiger partial charge in [0, 0.05) is 78.3 Å². The van der Waals surface area contributed by atoms with Gasteiger partial charge in [-0.15, -0.1) is 11.3 Å². The predicted molar refractivity (Wildman–Crippen MR) is 616 cm³/mol. The molecule has 2 atom stereocenters. The third-order valence-electron chi connectivity index (χ3n) is 30.0. The average Bonchev–Trinajstić information content (AvgIpc) is 1.73. The number of hydrogen-bond donors (Lipinski definition) is 0. The summed E-state index contributed by atoms with van der Waals surface area (Å²) in [4.78, 5) is 3.85. The Balaban J connectivity index is 0.0000000960. The first-order valence-electron chi connectivity index (χ1n) is 49.8. The summed E-state index contributed by atoms with van der Waals surface area (Å²) in [5, 5.41) is 29.6. The number of aromatic nitrogens is 4. The van der Waals surface area contributed by atoms with Crippen LogP contribution in [0.2, 0.25) is 0 Å². The highest BCUT2D eigenvalue weighted by molar-refractivity contribution is 7.19. The molecule has 6 heteroatoms. The largest absolute Gasteiger partial charge is 0.330 e. The molecule has 30 rings (SSSR count). The van der Waals surface area contributed by atoms with Crippen molar-refractivity contribution in [3.05, 3.63) is 539 Å². The second-order valence-corrected chi connectivity index (χ2v) is 39.1. The van der Waals surface area contributed by atoms with E-state index in [1.54, 1.807) is 0 Å². The van der Waals surface area contributed by atoms with Crippen LogP contribution in [0.5, 0.6) is 0 Å². The van der Waals surface area contributed by atoms with Gasteiger partial charge in [-0.3, -0.25) is 4.57 Å². The summed E-state index contributed by atoms with van der Waals surface area (Å²) in [6.07, 6.45) is 9.06. The molecule has 28 aromatic rings. The van der Waals surface area contributed by atoms with Crippen LogP contribution in [0.25, 0.3) is 235 Å². The van der Waals surface area contributed by atoms with Gasteiger partial charge >= 0.3 is 0 Å². The summed E-state index contributed by atoms with van der Waals surface area (Å²) >= 11 is 1.90. The van der Waals surface area contributed by atoms with Gasteiger partial charge < -0.3 is 18.6 Å². The van der Waals surface area contributed by atoms with E-state index in [-0.39, 0.29) is 0 Å². The monoisotopic (exact) mass is 1850 g/mol. The van der Waals surface area contributed by atoms with E-state index in [4.69, 9.17) is 0 Å². The van der Waals surface area contributed by atoms with Crippen molar-refractivity contribution in [2.75, 3.05) is 4.90 Å². The maximum atomic E-state index is 2.53. The second-order valence-electron chi connectivity index (χ2n) is 38.0. The van der Waals surface area contributed by atoms with Gasteiger partial charge in [0.2, 0.25) is 0 Å². The highest BCUT2D eigenvalue weighted by Gasteiger charge is 2.38. The number of thiophene rings is 1. The molecular formula is C138H95N5S. The molecule has 0 saturated carbocycles. The normalized spacial score (nSPS) is 13.3. The van der Waals surface area contributed by atoms with E-state index < -0.39 is 0 Å². The number of para-hydroxylation sites is 7. The van der Waals surface area contributed by atoms with Gasteiger partial charge in [0.15, 0.2) is 0 Å². The van der Waals surface area contributed by atoms with Crippen molar-refractivity contribution in [3.8, 4) is 83.4 Å². The summed E-state index contributed by atoms with van der Waals surface area (Å²) in [5.41, 5.74) is 27.7. The minimum absolute atomic E-state index is 0.341. The zero-order valence-corrected chi connectivity index (χ0v) is 80.3. The Morgan fingerprint density at radius 2 is 0.521 bits per heavy atom. The summed E-state index contributed by atoms with van der Waals surface area (Å²) in [6, 6.07) is 183. The fraction of sp³-hybridized carbons (Fsp3) is 0.0290.